The Morgan fingerprint density at radius 2 is 2.15 bits per heavy atom. The minimum Gasteiger partial charge on any atom is -0.385 e. The molecule has 0 heterocycles. The molecule has 1 fully saturated rings. The van der Waals surface area contributed by atoms with E-state index in [0.29, 0.717) is 17.4 Å². The van der Waals surface area contributed by atoms with Crippen LogP contribution in [0.4, 0.5) is 10.1 Å². The van der Waals surface area contributed by atoms with Gasteiger partial charge in [-0.25, -0.2) is 4.39 Å². The van der Waals surface area contributed by atoms with Gasteiger partial charge in [0.1, 0.15) is 5.82 Å². The van der Waals surface area contributed by atoms with Gasteiger partial charge in [-0.2, -0.15) is 0 Å². The lowest BCUT2D eigenvalue weighted by Crippen LogP contribution is -2.37. The van der Waals surface area contributed by atoms with Crippen molar-refractivity contribution in [3.8, 4) is 0 Å². The van der Waals surface area contributed by atoms with Crippen LogP contribution in [0, 0.1) is 17.7 Å². The first-order valence-corrected chi connectivity index (χ1v) is 7.35. The minimum absolute atomic E-state index is 0.192. The third kappa shape index (κ3) is 2.79. The summed E-state index contributed by atoms with van der Waals surface area (Å²) in [5.41, 5.74) is 0.641. The lowest BCUT2D eigenvalue weighted by atomic mass is 9.93. The summed E-state index contributed by atoms with van der Waals surface area (Å²) in [4.78, 5) is 12.4. The quantitative estimate of drug-likeness (QED) is 0.886. The van der Waals surface area contributed by atoms with Crippen LogP contribution in [0.3, 0.4) is 0 Å². The van der Waals surface area contributed by atoms with Crippen molar-refractivity contribution in [3.05, 3.63) is 29.6 Å². The summed E-state index contributed by atoms with van der Waals surface area (Å²) < 4.78 is 13.7. The monoisotopic (exact) mass is 278 g/mol. The molecule has 1 aliphatic rings. The lowest BCUT2D eigenvalue weighted by Gasteiger charge is -2.21. The molecule has 0 aromatic heterocycles. The molecule has 1 saturated carbocycles. The molecule has 1 aromatic rings. The molecule has 20 heavy (non-hydrogen) atoms. The maximum atomic E-state index is 13.7. The molecule has 0 aliphatic heterocycles. The molecule has 3 nitrogen and oxygen atoms in total. The second-order valence-electron chi connectivity index (χ2n) is 5.60. The van der Waals surface area contributed by atoms with Crippen molar-refractivity contribution in [2.75, 3.05) is 12.4 Å². The number of carbonyl (C=O) groups is 1. The van der Waals surface area contributed by atoms with Gasteiger partial charge in [0.25, 0.3) is 5.91 Å². The van der Waals surface area contributed by atoms with Gasteiger partial charge in [0.15, 0.2) is 0 Å². The Bertz CT molecular complexity index is 489. The van der Waals surface area contributed by atoms with Crippen molar-refractivity contribution in [2.45, 2.75) is 39.2 Å². The van der Waals surface area contributed by atoms with Crippen molar-refractivity contribution in [2.24, 2.45) is 11.8 Å². The Hall–Kier alpha value is -1.58. The normalized spacial score (nSPS) is 25.5. The highest BCUT2D eigenvalue weighted by molar-refractivity contribution is 5.99. The number of hydrogen-bond acceptors (Lipinski definition) is 2. The molecule has 0 spiro atoms. The third-order valence-corrected chi connectivity index (χ3v) is 4.58. The molecule has 2 rings (SSSR count). The van der Waals surface area contributed by atoms with E-state index in [-0.39, 0.29) is 17.6 Å². The second kappa shape index (κ2) is 6.25. The Kier molecular flexibility index (Phi) is 4.63. The molecule has 1 aliphatic carbocycles. The largest absolute Gasteiger partial charge is 0.385 e. The SMILES string of the molecule is CCC1CCC(NC(=O)c2cccc(F)c2NC)C1C. The van der Waals surface area contributed by atoms with Gasteiger partial charge in [0.05, 0.1) is 11.3 Å². The maximum Gasteiger partial charge on any atom is 0.253 e. The fraction of sp³-hybridized carbons (Fsp3) is 0.562. The van der Waals surface area contributed by atoms with Crippen molar-refractivity contribution in [3.63, 3.8) is 0 Å². The Morgan fingerprint density at radius 3 is 2.75 bits per heavy atom. The van der Waals surface area contributed by atoms with Gasteiger partial charge in [0.2, 0.25) is 0 Å². The first-order valence-electron chi connectivity index (χ1n) is 7.35. The Labute approximate surface area is 120 Å². The highest BCUT2D eigenvalue weighted by Gasteiger charge is 2.32. The van der Waals surface area contributed by atoms with Crippen molar-refractivity contribution in [1.29, 1.82) is 0 Å². The summed E-state index contributed by atoms with van der Waals surface area (Å²) in [5.74, 6) is 0.570. The number of anilines is 1. The zero-order valence-electron chi connectivity index (χ0n) is 12.4. The Balaban J connectivity index is 2.12. The highest BCUT2D eigenvalue weighted by Crippen LogP contribution is 2.34. The van der Waals surface area contributed by atoms with E-state index in [1.807, 2.05) is 0 Å². The average molecular weight is 278 g/mol. The number of hydrogen-bond donors (Lipinski definition) is 2. The fourth-order valence-electron chi connectivity index (χ4n) is 3.24. The van der Waals surface area contributed by atoms with Gasteiger partial charge in [-0.1, -0.05) is 26.3 Å². The molecule has 0 saturated heterocycles. The number of amides is 1. The molecule has 3 unspecified atom stereocenters. The number of rotatable bonds is 4. The molecular formula is C16H23FN2O. The molecule has 110 valence electrons. The van der Waals surface area contributed by atoms with Crippen LogP contribution >= 0.6 is 0 Å². The van der Waals surface area contributed by atoms with Crippen LogP contribution in [0.25, 0.3) is 0 Å². The zero-order chi connectivity index (χ0) is 14.7. The third-order valence-electron chi connectivity index (χ3n) is 4.58. The first kappa shape index (κ1) is 14.8. The van der Waals surface area contributed by atoms with Gasteiger partial charge in [-0.15, -0.1) is 0 Å². The van der Waals surface area contributed by atoms with Gasteiger partial charge in [-0.05, 0) is 36.8 Å². The van der Waals surface area contributed by atoms with Crippen LogP contribution in [0.5, 0.6) is 0 Å². The van der Waals surface area contributed by atoms with Crippen LogP contribution in [0.1, 0.15) is 43.5 Å². The van der Waals surface area contributed by atoms with Crippen molar-refractivity contribution < 1.29 is 9.18 Å². The number of carbonyl (C=O) groups excluding carboxylic acids is 1. The van der Waals surface area contributed by atoms with Gasteiger partial charge < -0.3 is 10.6 Å². The molecule has 4 heteroatoms. The van der Waals surface area contributed by atoms with E-state index in [1.54, 1.807) is 19.2 Å². The summed E-state index contributed by atoms with van der Waals surface area (Å²) in [6, 6.07) is 4.77. The first-order chi connectivity index (χ1) is 9.58. The van der Waals surface area contributed by atoms with Crippen LogP contribution in [-0.4, -0.2) is 19.0 Å². The van der Waals surface area contributed by atoms with Crippen LogP contribution in [-0.2, 0) is 0 Å². The minimum atomic E-state index is -0.397. The molecule has 0 bridgehead atoms. The number of halogens is 1. The van der Waals surface area contributed by atoms with Gasteiger partial charge in [-0.3, -0.25) is 4.79 Å². The number of nitrogens with one attached hydrogen (secondary N) is 2. The maximum absolute atomic E-state index is 13.7. The lowest BCUT2D eigenvalue weighted by molar-refractivity contribution is 0.0927. The van der Waals surface area contributed by atoms with Crippen molar-refractivity contribution in [1.82, 2.24) is 5.32 Å². The average Bonchev–Trinajstić information content (AvgIpc) is 2.79. The molecular weight excluding hydrogens is 255 g/mol. The predicted molar refractivity (Wildman–Crippen MR) is 79.4 cm³/mol. The molecule has 1 amide bonds. The van der Waals surface area contributed by atoms with E-state index in [9.17, 15) is 9.18 Å². The summed E-state index contributed by atoms with van der Waals surface area (Å²) >= 11 is 0. The van der Waals surface area contributed by atoms with Gasteiger partial charge in [0, 0.05) is 13.1 Å². The van der Waals surface area contributed by atoms with Crippen molar-refractivity contribution >= 4 is 11.6 Å². The Morgan fingerprint density at radius 1 is 1.40 bits per heavy atom. The zero-order valence-corrected chi connectivity index (χ0v) is 12.4. The molecule has 2 N–H and O–H groups in total. The van der Waals surface area contributed by atoms with Crippen LogP contribution in [0.2, 0.25) is 0 Å². The predicted octanol–water partition coefficient (Wildman–Crippen LogP) is 3.42. The van der Waals surface area contributed by atoms with Crippen LogP contribution in [0.15, 0.2) is 18.2 Å². The smallest absolute Gasteiger partial charge is 0.253 e. The number of benzene rings is 1. The highest BCUT2D eigenvalue weighted by atomic mass is 19.1. The van der Waals surface area contributed by atoms with Gasteiger partial charge >= 0.3 is 0 Å². The topological polar surface area (TPSA) is 41.1 Å². The van der Waals surface area contributed by atoms with Crippen LogP contribution < -0.4 is 10.6 Å². The van der Waals surface area contributed by atoms with E-state index in [1.165, 1.54) is 6.07 Å². The molecule has 3 atom stereocenters. The standard InChI is InChI=1S/C16H23FN2O/c1-4-11-8-9-14(10(11)2)19-16(20)12-6-5-7-13(17)15(12)18-3/h5-7,10-11,14,18H,4,8-9H2,1-3H3,(H,19,20). The molecule has 1 aromatic carbocycles. The summed E-state index contributed by atoms with van der Waals surface area (Å²) in [7, 11) is 1.63. The van der Waals surface area contributed by atoms with E-state index in [2.05, 4.69) is 24.5 Å². The van der Waals surface area contributed by atoms with E-state index < -0.39 is 5.82 Å². The van der Waals surface area contributed by atoms with E-state index in [4.69, 9.17) is 0 Å². The number of para-hydroxylation sites is 1. The summed E-state index contributed by atoms with van der Waals surface area (Å²) in [6.45, 7) is 4.38. The fourth-order valence-corrected chi connectivity index (χ4v) is 3.24. The summed E-state index contributed by atoms with van der Waals surface area (Å²) in [5, 5.41) is 5.83. The van der Waals surface area contributed by atoms with E-state index in [0.717, 1.165) is 19.3 Å². The van der Waals surface area contributed by atoms with E-state index >= 15 is 0 Å². The second-order valence-corrected chi connectivity index (χ2v) is 5.60. The summed E-state index contributed by atoms with van der Waals surface area (Å²) in [6.07, 6.45) is 3.32. The molecule has 0 radical (unpaired) electrons.